The van der Waals surface area contributed by atoms with E-state index in [2.05, 4.69) is 6.92 Å². The van der Waals surface area contributed by atoms with Crippen molar-refractivity contribution in [3.63, 3.8) is 0 Å². The Balaban J connectivity index is 2.19. The molecule has 0 radical (unpaired) electrons. The van der Waals surface area contributed by atoms with Gasteiger partial charge in [0.05, 0.1) is 0 Å². The highest BCUT2D eigenvalue weighted by molar-refractivity contribution is 5.73. The molecule has 4 N–H and O–H groups in total. The highest BCUT2D eigenvalue weighted by Crippen LogP contribution is 2.22. The zero-order valence-electron chi connectivity index (χ0n) is 13.8. The SMILES string of the molecule is CCCCCCCCCCO[C@@H]1OC(C(=O)O)[C@H](O)C(O)C1O. The van der Waals surface area contributed by atoms with E-state index in [4.69, 9.17) is 14.6 Å². The van der Waals surface area contributed by atoms with Gasteiger partial charge in [-0.2, -0.15) is 0 Å². The van der Waals surface area contributed by atoms with E-state index in [-0.39, 0.29) is 0 Å². The second-order valence-corrected chi connectivity index (χ2v) is 6.08. The Morgan fingerprint density at radius 3 is 2.04 bits per heavy atom. The molecule has 1 heterocycles. The monoisotopic (exact) mass is 334 g/mol. The third-order valence-corrected chi connectivity index (χ3v) is 4.09. The zero-order valence-corrected chi connectivity index (χ0v) is 13.8. The van der Waals surface area contributed by atoms with Crippen LogP contribution in [0.25, 0.3) is 0 Å². The predicted octanol–water partition coefficient (Wildman–Crippen LogP) is 1.04. The maximum Gasteiger partial charge on any atom is 0.335 e. The van der Waals surface area contributed by atoms with Gasteiger partial charge in [-0.05, 0) is 6.42 Å². The van der Waals surface area contributed by atoms with Gasteiger partial charge in [-0.3, -0.25) is 0 Å². The molecule has 7 nitrogen and oxygen atoms in total. The smallest absolute Gasteiger partial charge is 0.335 e. The summed E-state index contributed by atoms with van der Waals surface area (Å²) in [6.45, 7) is 2.50. The lowest BCUT2D eigenvalue weighted by Gasteiger charge is -2.38. The van der Waals surface area contributed by atoms with Crippen LogP contribution in [0.3, 0.4) is 0 Å². The van der Waals surface area contributed by atoms with E-state index >= 15 is 0 Å². The number of hydrogen-bond donors (Lipinski definition) is 4. The molecule has 136 valence electrons. The molecular weight excluding hydrogens is 304 g/mol. The molecule has 5 atom stereocenters. The van der Waals surface area contributed by atoms with Crippen LogP contribution in [0.4, 0.5) is 0 Å². The lowest BCUT2D eigenvalue weighted by molar-refractivity contribution is -0.294. The minimum Gasteiger partial charge on any atom is -0.479 e. The first kappa shape index (κ1) is 20.3. The number of unbranched alkanes of at least 4 members (excludes halogenated alkanes) is 7. The Bertz CT molecular complexity index is 336. The van der Waals surface area contributed by atoms with Gasteiger partial charge in [0, 0.05) is 6.61 Å². The Kier molecular flexibility index (Phi) is 9.66. The number of ether oxygens (including phenoxy) is 2. The van der Waals surface area contributed by atoms with E-state index in [1.807, 2.05) is 0 Å². The molecule has 0 spiro atoms. The average Bonchev–Trinajstić information content (AvgIpc) is 2.52. The second kappa shape index (κ2) is 10.9. The lowest BCUT2D eigenvalue weighted by atomic mass is 9.99. The fourth-order valence-electron chi connectivity index (χ4n) is 2.63. The second-order valence-electron chi connectivity index (χ2n) is 6.08. The maximum absolute atomic E-state index is 11.0. The summed E-state index contributed by atoms with van der Waals surface area (Å²) in [5, 5.41) is 37.9. The van der Waals surface area contributed by atoms with Crippen molar-refractivity contribution in [3.8, 4) is 0 Å². The van der Waals surface area contributed by atoms with E-state index in [9.17, 15) is 20.1 Å². The minimum atomic E-state index is -1.68. The lowest BCUT2D eigenvalue weighted by Crippen LogP contribution is -2.60. The third kappa shape index (κ3) is 6.73. The van der Waals surface area contributed by atoms with Crippen LogP contribution in [-0.2, 0) is 14.3 Å². The van der Waals surface area contributed by atoms with E-state index in [0.29, 0.717) is 6.61 Å². The van der Waals surface area contributed by atoms with Crippen LogP contribution in [0.5, 0.6) is 0 Å². The number of carboxylic acids is 1. The molecule has 0 amide bonds. The van der Waals surface area contributed by atoms with Crippen molar-refractivity contribution in [2.45, 2.75) is 89.0 Å². The van der Waals surface area contributed by atoms with Gasteiger partial charge in [0.2, 0.25) is 0 Å². The fourth-order valence-corrected chi connectivity index (χ4v) is 2.63. The first-order valence-electron chi connectivity index (χ1n) is 8.53. The quantitative estimate of drug-likeness (QED) is 0.417. The van der Waals surface area contributed by atoms with Crippen molar-refractivity contribution in [1.29, 1.82) is 0 Å². The summed E-state index contributed by atoms with van der Waals surface area (Å²) in [6, 6.07) is 0. The largest absolute Gasteiger partial charge is 0.479 e. The van der Waals surface area contributed by atoms with Crippen LogP contribution in [0.15, 0.2) is 0 Å². The molecule has 1 fully saturated rings. The molecule has 0 aromatic rings. The summed E-state index contributed by atoms with van der Waals surface area (Å²) >= 11 is 0. The molecule has 3 unspecified atom stereocenters. The van der Waals surface area contributed by atoms with Gasteiger partial charge in [0.25, 0.3) is 0 Å². The van der Waals surface area contributed by atoms with Crippen molar-refractivity contribution < 1.29 is 34.7 Å². The number of aliphatic hydroxyl groups excluding tert-OH is 3. The van der Waals surface area contributed by atoms with E-state index < -0.39 is 36.7 Å². The van der Waals surface area contributed by atoms with Gasteiger partial charge in [-0.25, -0.2) is 4.79 Å². The Morgan fingerprint density at radius 1 is 0.913 bits per heavy atom. The number of aliphatic carboxylic acids is 1. The van der Waals surface area contributed by atoms with Crippen molar-refractivity contribution >= 4 is 5.97 Å². The fraction of sp³-hybridized carbons (Fsp3) is 0.938. The molecule has 7 heteroatoms. The van der Waals surface area contributed by atoms with Gasteiger partial charge >= 0.3 is 5.97 Å². The van der Waals surface area contributed by atoms with Crippen molar-refractivity contribution in [2.24, 2.45) is 0 Å². The van der Waals surface area contributed by atoms with Crippen LogP contribution in [0.1, 0.15) is 58.3 Å². The number of rotatable bonds is 11. The molecule has 0 saturated carbocycles. The summed E-state index contributed by atoms with van der Waals surface area (Å²) < 4.78 is 10.4. The first-order valence-corrected chi connectivity index (χ1v) is 8.53. The van der Waals surface area contributed by atoms with Crippen molar-refractivity contribution in [1.82, 2.24) is 0 Å². The van der Waals surface area contributed by atoms with Gasteiger partial charge in [0.1, 0.15) is 18.3 Å². The molecule has 1 aliphatic rings. The van der Waals surface area contributed by atoms with Gasteiger partial charge < -0.3 is 29.9 Å². The van der Waals surface area contributed by atoms with Crippen molar-refractivity contribution in [2.75, 3.05) is 6.61 Å². The molecule has 1 aliphatic heterocycles. The van der Waals surface area contributed by atoms with Crippen LogP contribution >= 0.6 is 0 Å². The van der Waals surface area contributed by atoms with Crippen LogP contribution < -0.4 is 0 Å². The van der Waals surface area contributed by atoms with E-state index in [1.165, 1.54) is 32.1 Å². The highest BCUT2D eigenvalue weighted by atomic mass is 16.7. The van der Waals surface area contributed by atoms with E-state index in [0.717, 1.165) is 19.3 Å². The number of hydrogen-bond acceptors (Lipinski definition) is 6. The first-order chi connectivity index (χ1) is 11.0. The Labute approximate surface area is 137 Å². The summed E-state index contributed by atoms with van der Waals surface area (Å²) in [6.07, 6.45) is 1.50. The predicted molar refractivity (Wildman–Crippen MR) is 82.9 cm³/mol. The number of aliphatic hydroxyl groups is 3. The number of carboxylic acid groups (broad SMARTS) is 1. The Hall–Kier alpha value is -0.730. The molecular formula is C16H30O7. The third-order valence-electron chi connectivity index (χ3n) is 4.09. The number of carbonyl (C=O) groups is 1. The normalized spacial score (nSPS) is 31.2. The van der Waals surface area contributed by atoms with Crippen molar-refractivity contribution in [3.05, 3.63) is 0 Å². The molecule has 23 heavy (non-hydrogen) atoms. The summed E-state index contributed by atoms with van der Waals surface area (Å²) in [7, 11) is 0. The van der Waals surface area contributed by atoms with Crippen LogP contribution in [0, 0.1) is 0 Å². The molecule has 0 aliphatic carbocycles. The summed E-state index contributed by atoms with van der Waals surface area (Å²) in [4.78, 5) is 11.0. The standard InChI is InChI=1S/C16H30O7/c1-2-3-4-5-6-7-8-9-10-22-16-13(19)11(17)12(18)14(23-16)15(20)21/h11-14,16-19H,2-10H2,1H3,(H,20,21)/t11?,12-,13?,14?,16-/m1/s1. The van der Waals surface area contributed by atoms with Gasteiger partial charge in [0.15, 0.2) is 12.4 Å². The maximum atomic E-state index is 11.0. The summed E-state index contributed by atoms with van der Waals surface area (Å²) in [5.41, 5.74) is 0. The average molecular weight is 334 g/mol. The van der Waals surface area contributed by atoms with E-state index in [1.54, 1.807) is 0 Å². The minimum absolute atomic E-state index is 0.311. The topological polar surface area (TPSA) is 116 Å². The molecule has 0 aromatic heterocycles. The summed E-state index contributed by atoms with van der Waals surface area (Å²) in [5.74, 6) is -1.40. The van der Waals surface area contributed by atoms with Gasteiger partial charge in [-0.1, -0.05) is 51.9 Å². The van der Waals surface area contributed by atoms with Crippen LogP contribution in [0.2, 0.25) is 0 Å². The highest BCUT2D eigenvalue weighted by Gasteiger charge is 2.47. The zero-order chi connectivity index (χ0) is 17.2. The Morgan fingerprint density at radius 2 is 1.48 bits per heavy atom. The van der Waals surface area contributed by atoms with Gasteiger partial charge in [-0.15, -0.1) is 0 Å². The molecule has 1 saturated heterocycles. The molecule has 1 rings (SSSR count). The molecule has 0 bridgehead atoms. The van der Waals surface area contributed by atoms with Crippen LogP contribution in [-0.4, -0.2) is 63.7 Å². The molecule has 0 aromatic carbocycles.